The van der Waals surface area contributed by atoms with E-state index in [0.717, 1.165) is 4.90 Å². The van der Waals surface area contributed by atoms with Gasteiger partial charge in [0, 0.05) is 25.7 Å². The largest absolute Gasteiger partial charge is 0.416 e. The number of carbonyl (C=O) groups is 2. The Morgan fingerprint density at radius 3 is 2.14 bits per heavy atom. The van der Waals surface area contributed by atoms with Crippen LogP contribution in [0.4, 0.5) is 30.7 Å². The molecule has 2 aliphatic heterocycles. The molecule has 0 aromatic heterocycles. The van der Waals surface area contributed by atoms with E-state index in [1.165, 1.54) is 45.3 Å². The maximum atomic E-state index is 14.0. The van der Waals surface area contributed by atoms with Crippen molar-refractivity contribution in [3.05, 3.63) is 75.7 Å². The SMILES string of the molecule is Cc1cc(F)ccc1C1=C(N(C)C(=O)C(C)(C)c2cc(C(F)(F)F)cc(C(F)(F)F)c2)C=N[C@@H](C2CNC(=O)[C@H]2CO)C1. The van der Waals surface area contributed by atoms with Crippen molar-refractivity contribution in [3.63, 3.8) is 0 Å². The van der Waals surface area contributed by atoms with Gasteiger partial charge < -0.3 is 15.3 Å². The Balaban J connectivity index is 1.79. The van der Waals surface area contributed by atoms with E-state index in [1.54, 1.807) is 6.92 Å². The number of nitrogens with one attached hydrogen (secondary N) is 1. The van der Waals surface area contributed by atoms with Crippen LogP contribution >= 0.6 is 0 Å². The normalized spacial score (nSPS) is 21.3. The fourth-order valence-corrected chi connectivity index (χ4v) is 5.65. The quantitative estimate of drug-likeness (QED) is 0.422. The van der Waals surface area contributed by atoms with Gasteiger partial charge in [-0.1, -0.05) is 6.07 Å². The number of aliphatic hydroxyl groups is 1. The minimum atomic E-state index is -5.09. The fourth-order valence-electron chi connectivity index (χ4n) is 5.65. The number of aliphatic imine (C=N–C) groups is 1. The number of nitrogens with zero attached hydrogens (tertiary/aromatic N) is 2. The smallest absolute Gasteiger partial charge is 0.396 e. The summed E-state index contributed by atoms with van der Waals surface area (Å²) in [5.74, 6) is -2.77. The second kappa shape index (κ2) is 11.4. The topological polar surface area (TPSA) is 82.0 Å². The first kappa shape index (κ1) is 32.2. The zero-order valence-corrected chi connectivity index (χ0v) is 23.7. The highest BCUT2D eigenvalue weighted by atomic mass is 19.4. The van der Waals surface area contributed by atoms with E-state index >= 15 is 0 Å². The summed E-state index contributed by atoms with van der Waals surface area (Å²) in [5.41, 5.74) is -3.65. The maximum absolute atomic E-state index is 14.0. The molecule has 4 rings (SSSR count). The van der Waals surface area contributed by atoms with Gasteiger partial charge in [0.2, 0.25) is 11.8 Å². The summed E-state index contributed by atoms with van der Waals surface area (Å²) in [4.78, 5) is 31.8. The molecule has 3 atom stereocenters. The molecule has 1 unspecified atom stereocenters. The van der Waals surface area contributed by atoms with Crippen LogP contribution in [0.15, 0.2) is 47.1 Å². The lowest BCUT2D eigenvalue weighted by Crippen LogP contribution is -2.43. The fraction of sp³-hybridized carbons (Fsp3) is 0.433. The van der Waals surface area contributed by atoms with Crippen molar-refractivity contribution in [2.24, 2.45) is 16.8 Å². The summed E-state index contributed by atoms with van der Waals surface area (Å²) >= 11 is 0. The molecule has 0 bridgehead atoms. The average molecular weight is 614 g/mol. The van der Waals surface area contributed by atoms with Crippen molar-refractivity contribution in [3.8, 4) is 0 Å². The van der Waals surface area contributed by atoms with Crippen LogP contribution in [0.5, 0.6) is 0 Å². The molecular formula is C30H30F7N3O3. The number of allylic oxidation sites excluding steroid dienone is 1. The van der Waals surface area contributed by atoms with Crippen LogP contribution in [0, 0.1) is 24.6 Å². The van der Waals surface area contributed by atoms with E-state index in [4.69, 9.17) is 0 Å². The number of aryl methyl sites for hydroxylation is 1. The first-order valence-corrected chi connectivity index (χ1v) is 13.4. The summed E-state index contributed by atoms with van der Waals surface area (Å²) < 4.78 is 95.4. The lowest BCUT2D eigenvalue weighted by molar-refractivity contribution is -0.143. The molecule has 13 heteroatoms. The van der Waals surface area contributed by atoms with Crippen molar-refractivity contribution >= 4 is 23.6 Å². The van der Waals surface area contributed by atoms with Crippen LogP contribution in [0.2, 0.25) is 0 Å². The number of hydrogen-bond donors (Lipinski definition) is 2. The minimum Gasteiger partial charge on any atom is -0.396 e. The van der Waals surface area contributed by atoms with Gasteiger partial charge in [-0.15, -0.1) is 0 Å². The number of halogens is 7. The Kier molecular flexibility index (Phi) is 8.53. The van der Waals surface area contributed by atoms with Gasteiger partial charge in [0.05, 0.1) is 40.8 Å². The standard InChI is InChI=1S/C30H30F7N3O3/c1-15-7-19(31)5-6-20(15)21-11-24(22-12-39-26(42)23(22)14-41)38-13-25(21)40(4)27(43)28(2,3)16-8-17(29(32,33)34)10-18(9-16)30(35,36)37/h5-10,13,22-24,41H,11-12,14H2,1-4H3,(H,39,42)/t22?,23-,24+/m0/s1. The summed E-state index contributed by atoms with van der Waals surface area (Å²) in [6, 6.07) is 4.55. The van der Waals surface area contributed by atoms with Crippen molar-refractivity contribution in [1.29, 1.82) is 0 Å². The molecule has 0 radical (unpaired) electrons. The van der Waals surface area contributed by atoms with Crippen LogP contribution in [-0.2, 0) is 27.4 Å². The van der Waals surface area contributed by atoms with Gasteiger partial charge in [-0.3, -0.25) is 14.6 Å². The summed E-state index contributed by atoms with van der Waals surface area (Å²) in [5, 5.41) is 12.5. The number of amides is 2. The Hall–Kier alpha value is -3.74. The molecule has 0 aliphatic carbocycles. The highest BCUT2D eigenvalue weighted by Gasteiger charge is 2.43. The third kappa shape index (κ3) is 6.31. The second-order valence-electron chi connectivity index (χ2n) is 11.4. The molecule has 1 saturated heterocycles. The summed E-state index contributed by atoms with van der Waals surface area (Å²) in [6.45, 7) is 3.95. The van der Waals surface area contributed by atoms with Crippen molar-refractivity contribution in [2.45, 2.75) is 51.0 Å². The van der Waals surface area contributed by atoms with Crippen LogP contribution in [0.1, 0.15) is 48.1 Å². The predicted molar refractivity (Wildman–Crippen MR) is 144 cm³/mol. The highest BCUT2D eigenvalue weighted by molar-refractivity contribution is 6.00. The number of likely N-dealkylation sites (N-methyl/N-ethyl adjacent to an activating group) is 1. The first-order valence-electron chi connectivity index (χ1n) is 13.4. The molecule has 2 heterocycles. The van der Waals surface area contributed by atoms with E-state index in [-0.39, 0.29) is 30.6 Å². The van der Waals surface area contributed by atoms with Gasteiger partial charge in [-0.05, 0) is 79.8 Å². The Bertz CT molecular complexity index is 1460. The number of aliphatic hydroxyl groups excluding tert-OH is 1. The molecule has 0 saturated carbocycles. The Morgan fingerprint density at radius 1 is 1.02 bits per heavy atom. The van der Waals surface area contributed by atoms with Gasteiger partial charge in [0.25, 0.3) is 0 Å². The van der Waals surface area contributed by atoms with Gasteiger partial charge in [-0.2, -0.15) is 26.3 Å². The molecule has 2 amide bonds. The number of carbonyl (C=O) groups excluding carboxylic acids is 2. The summed E-state index contributed by atoms with van der Waals surface area (Å²) in [6.07, 6.45) is -8.66. The zero-order valence-electron chi connectivity index (χ0n) is 23.7. The van der Waals surface area contributed by atoms with Gasteiger partial charge in [0.15, 0.2) is 0 Å². The van der Waals surface area contributed by atoms with Gasteiger partial charge in [0.1, 0.15) is 5.82 Å². The molecule has 2 aliphatic rings. The predicted octanol–water partition coefficient (Wildman–Crippen LogP) is 5.52. The second-order valence-corrected chi connectivity index (χ2v) is 11.4. The van der Waals surface area contributed by atoms with Gasteiger partial charge in [-0.25, -0.2) is 4.39 Å². The van der Waals surface area contributed by atoms with Crippen molar-refractivity contribution in [1.82, 2.24) is 10.2 Å². The number of rotatable bonds is 6. The van der Waals surface area contributed by atoms with Gasteiger partial charge >= 0.3 is 12.4 Å². The lowest BCUT2D eigenvalue weighted by atomic mass is 9.80. The molecule has 232 valence electrons. The number of benzene rings is 2. The van der Waals surface area contributed by atoms with E-state index in [1.807, 2.05) is 0 Å². The molecule has 0 spiro atoms. The molecular weight excluding hydrogens is 583 g/mol. The van der Waals surface area contributed by atoms with Crippen LogP contribution in [0.25, 0.3) is 5.57 Å². The van der Waals surface area contributed by atoms with E-state index in [2.05, 4.69) is 10.3 Å². The minimum absolute atomic E-state index is 0.00190. The monoisotopic (exact) mass is 613 g/mol. The molecule has 43 heavy (non-hydrogen) atoms. The Morgan fingerprint density at radius 2 is 1.60 bits per heavy atom. The van der Waals surface area contributed by atoms with Crippen molar-refractivity contribution in [2.75, 3.05) is 20.2 Å². The van der Waals surface area contributed by atoms with Crippen LogP contribution in [-0.4, -0.2) is 54.3 Å². The van der Waals surface area contributed by atoms with Crippen LogP contribution in [0.3, 0.4) is 0 Å². The maximum Gasteiger partial charge on any atom is 0.416 e. The number of hydrogen-bond acceptors (Lipinski definition) is 4. The third-order valence-corrected chi connectivity index (χ3v) is 8.19. The molecule has 6 nitrogen and oxygen atoms in total. The van der Waals surface area contributed by atoms with Crippen molar-refractivity contribution < 1.29 is 45.4 Å². The van der Waals surface area contributed by atoms with E-state index in [0.29, 0.717) is 28.8 Å². The summed E-state index contributed by atoms with van der Waals surface area (Å²) in [7, 11) is 1.33. The number of alkyl halides is 6. The van der Waals surface area contributed by atoms with E-state index in [9.17, 15) is 45.4 Å². The average Bonchev–Trinajstić information content (AvgIpc) is 3.31. The molecule has 2 N–H and O–H groups in total. The Labute approximate surface area is 243 Å². The number of dihydropyridines is 1. The molecule has 2 aromatic carbocycles. The molecule has 2 aromatic rings. The van der Waals surface area contributed by atoms with E-state index < -0.39 is 70.7 Å². The third-order valence-electron chi connectivity index (χ3n) is 8.19. The first-order chi connectivity index (χ1) is 19.9. The zero-order chi connectivity index (χ0) is 32.1. The van der Waals surface area contributed by atoms with Crippen LogP contribution < -0.4 is 5.32 Å². The highest BCUT2D eigenvalue weighted by Crippen LogP contribution is 2.41. The lowest BCUT2D eigenvalue weighted by Gasteiger charge is -2.35. The molecule has 1 fully saturated rings.